The Labute approximate surface area is 155 Å². The Hall–Kier alpha value is -3.35. The minimum atomic E-state index is -0.428. The minimum absolute atomic E-state index is 0.0996. The lowest BCUT2D eigenvalue weighted by Gasteiger charge is -2.07. The molecule has 0 unspecified atom stereocenters. The number of carbonyl (C=O) groups excluding carboxylic acids is 1. The van der Waals surface area contributed by atoms with E-state index in [-0.39, 0.29) is 30.3 Å². The zero-order chi connectivity index (χ0) is 19.4. The number of amides is 1. The Morgan fingerprint density at radius 1 is 1.19 bits per heavy atom. The molecule has 0 aliphatic heterocycles. The molecule has 140 valence electrons. The third-order valence-corrected chi connectivity index (χ3v) is 4.00. The number of nitrogens with one attached hydrogen (secondary N) is 2. The van der Waals surface area contributed by atoms with E-state index in [0.29, 0.717) is 17.1 Å². The first-order valence-electron chi connectivity index (χ1n) is 8.37. The molecule has 1 aromatic carbocycles. The molecule has 2 heterocycles. The average molecular weight is 370 g/mol. The highest BCUT2D eigenvalue weighted by Crippen LogP contribution is 2.15. The molecule has 0 atom stereocenters. The van der Waals surface area contributed by atoms with Crippen LogP contribution in [0, 0.1) is 19.7 Å². The molecule has 6 nitrogen and oxygen atoms in total. The van der Waals surface area contributed by atoms with Gasteiger partial charge in [-0.25, -0.2) is 4.39 Å². The van der Waals surface area contributed by atoms with Gasteiger partial charge in [0.1, 0.15) is 23.9 Å². The largest absolute Gasteiger partial charge is 0.486 e. The number of pyridine rings is 1. The quantitative estimate of drug-likeness (QED) is 0.698. The second kappa shape index (κ2) is 7.90. The average Bonchev–Trinajstić information content (AvgIpc) is 3.09. The van der Waals surface area contributed by atoms with Crippen LogP contribution < -0.4 is 15.6 Å². The van der Waals surface area contributed by atoms with Crippen LogP contribution >= 0.6 is 0 Å². The van der Waals surface area contributed by atoms with Crippen molar-refractivity contribution in [2.45, 2.75) is 27.0 Å². The number of carbonyl (C=O) groups is 1. The molecule has 0 radical (unpaired) electrons. The van der Waals surface area contributed by atoms with Gasteiger partial charge < -0.3 is 19.5 Å². The molecule has 27 heavy (non-hydrogen) atoms. The number of hydrogen-bond acceptors (Lipinski definition) is 4. The Balaban J connectivity index is 1.58. The van der Waals surface area contributed by atoms with Gasteiger partial charge in [-0.15, -0.1) is 0 Å². The van der Waals surface area contributed by atoms with Gasteiger partial charge in [0, 0.05) is 17.8 Å². The summed E-state index contributed by atoms with van der Waals surface area (Å²) in [6, 6.07) is 10.6. The molecule has 3 rings (SSSR count). The van der Waals surface area contributed by atoms with E-state index in [1.54, 1.807) is 13.0 Å². The van der Waals surface area contributed by atoms with E-state index in [9.17, 15) is 14.0 Å². The van der Waals surface area contributed by atoms with Gasteiger partial charge in [0.2, 0.25) is 0 Å². The summed E-state index contributed by atoms with van der Waals surface area (Å²) in [5, 5.41) is 2.67. The fourth-order valence-electron chi connectivity index (χ4n) is 2.62. The van der Waals surface area contributed by atoms with Crippen LogP contribution in [0.4, 0.5) is 4.39 Å². The lowest BCUT2D eigenvalue weighted by Crippen LogP contribution is -2.27. The molecule has 0 aliphatic carbocycles. The van der Waals surface area contributed by atoms with Gasteiger partial charge in [-0.3, -0.25) is 9.59 Å². The Bertz CT molecular complexity index is 1010. The molecule has 1 amide bonds. The van der Waals surface area contributed by atoms with Gasteiger partial charge in [-0.05, 0) is 61.9 Å². The Morgan fingerprint density at radius 3 is 2.63 bits per heavy atom. The summed E-state index contributed by atoms with van der Waals surface area (Å²) in [5.74, 6) is 0.292. The molecule has 3 aromatic rings. The van der Waals surface area contributed by atoms with E-state index in [2.05, 4.69) is 10.3 Å². The summed E-state index contributed by atoms with van der Waals surface area (Å²) in [7, 11) is 0. The monoisotopic (exact) mass is 370 g/mol. The minimum Gasteiger partial charge on any atom is -0.486 e. The molecule has 0 bridgehead atoms. The van der Waals surface area contributed by atoms with Crippen LogP contribution in [0.25, 0.3) is 0 Å². The van der Waals surface area contributed by atoms with Crippen molar-refractivity contribution in [1.82, 2.24) is 10.3 Å². The number of aromatic nitrogens is 1. The van der Waals surface area contributed by atoms with Gasteiger partial charge in [0.05, 0.1) is 0 Å². The molecule has 2 aromatic heterocycles. The molecular weight excluding hydrogens is 351 g/mol. The van der Waals surface area contributed by atoms with Crippen molar-refractivity contribution in [3.63, 3.8) is 0 Å². The van der Waals surface area contributed by atoms with Crippen LogP contribution in [0.2, 0.25) is 0 Å². The number of halogens is 1. The lowest BCUT2D eigenvalue weighted by atomic mass is 10.1. The molecule has 0 saturated heterocycles. The smallest absolute Gasteiger partial charge is 0.287 e. The third kappa shape index (κ3) is 4.63. The molecule has 0 saturated carbocycles. The number of hydrogen-bond donors (Lipinski definition) is 2. The maximum absolute atomic E-state index is 12.9. The van der Waals surface area contributed by atoms with Crippen molar-refractivity contribution in [3.05, 3.63) is 87.0 Å². The van der Waals surface area contributed by atoms with Gasteiger partial charge in [-0.1, -0.05) is 0 Å². The fourth-order valence-corrected chi connectivity index (χ4v) is 2.62. The lowest BCUT2D eigenvalue weighted by molar-refractivity contribution is 0.0919. The number of aryl methyl sites for hydroxylation is 2. The number of furan rings is 1. The number of benzene rings is 1. The maximum Gasteiger partial charge on any atom is 0.287 e. The summed E-state index contributed by atoms with van der Waals surface area (Å²) < 4.78 is 23.8. The standard InChI is InChI=1S/C20H19FN2O4/c1-12-9-13(2)23-19(24)17(12)10-22-20(25)18-8-7-16(27-18)11-26-15-5-3-14(21)4-6-15/h3-9H,10-11H2,1-2H3,(H,22,25)(H,23,24). The van der Waals surface area contributed by atoms with Gasteiger partial charge >= 0.3 is 0 Å². The zero-order valence-electron chi connectivity index (χ0n) is 15.0. The highest BCUT2D eigenvalue weighted by Gasteiger charge is 2.13. The van der Waals surface area contributed by atoms with Crippen LogP contribution in [-0.4, -0.2) is 10.9 Å². The predicted octanol–water partition coefficient (Wildman–Crippen LogP) is 3.23. The van der Waals surface area contributed by atoms with Crippen LogP contribution in [0.15, 0.2) is 51.7 Å². The number of H-pyrrole nitrogens is 1. The second-order valence-electron chi connectivity index (χ2n) is 6.13. The van der Waals surface area contributed by atoms with Gasteiger partial charge in [-0.2, -0.15) is 0 Å². The SMILES string of the molecule is Cc1cc(C)c(CNC(=O)c2ccc(COc3ccc(F)cc3)o2)c(=O)[nH]1. The first kappa shape index (κ1) is 18.4. The van der Waals surface area contributed by atoms with E-state index in [1.807, 2.05) is 13.0 Å². The van der Waals surface area contributed by atoms with Crippen molar-refractivity contribution < 1.29 is 18.3 Å². The van der Waals surface area contributed by atoms with Crippen LogP contribution in [0.5, 0.6) is 5.75 Å². The van der Waals surface area contributed by atoms with E-state index >= 15 is 0 Å². The van der Waals surface area contributed by atoms with Crippen LogP contribution in [-0.2, 0) is 13.2 Å². The first-order chi connectivity index (χ1) is 12.9. The highest BCUT2D eigenvalue weighted by molar-refractivity contribution is 5.91. The van der Waals surface area contributed by atoms with Gasteiger partial charge in [0.25, 0.3) is 11.5 Å². The highest BCUT2D eigenvalue weighted by atomic mass is 19.1. The molecule has 0 aliphatic rings. The van der Waals surface area contributed by atoms with Crippen molar-refractivity contribution in [2.75, 3.05) is 0 Å². The number of ether oxygens (including phenoxy) is 1. The van der Waals surface area contributed by atoms with Crippen LogP contribution in [0.3, 0.4) is 0 Å². The van der Waals surface area contributed by atoms with Crippen molar-refractivity contribution >= 4 is 5.91 Å². The van der Waals surface area contributed by atoms with Gasteiger partial charge in [0.15, 0.2) is 5.76 Å². The molecule has 0 spiro atoms. The fraction of sp³-hybridized carbons (Fsp3) is 0.200. The van der Waals surface area contributed by atoms with E-state index < -0.39 is 5.91 Å². The van der Waals surface area contributed by atoms with E-state index in [1.165, 1.54) is 30.3 Å². The van der Waals surface area contributed by atoms with Crippen molar-refractivity contribution in [2.24, 2.45) is 0 Å². The summed E-state index contributed by atoms with van der Waals surface area (Å²) in [6.45, 7) is 3.83. The number of rotatable bonds is 6. The Kier molecular flexibility index (Phi) is 5.40. The third-order valence-electron chi connectivity index (χ3n) is 4.00. The summed E-state index contributed by atoms with van der Waals surface area (Å²) >= 11 is 0. The molecule has 7 heteroatoms. The topological polar surface area (TPSA) is 84.3 Å². The molecule has 0 fully saturated rings. The predicted molar refractivity (Wildman–Crippen MR) is 97.1 cm³/mol. The summed E-state index contributed by atoms with van der Waals surface area (Å²) in [6.07, 6.45) is 0. The molecule has 2 N–H and O–H groups in total. The maximum atomic E-state index is 12.9. The zero-order valence-corrected chi connectivity index (χ0v) is 15.0. The van der Waals surface area contributed by atoms with Crippen molar-refractivity contribution in [3.8, 4) is 5.75 Å². The second-order valence-corrected chi connectivity index (χ2v) is 6.13. The summed E-state index contributed by atoms with van der Waals surface area (Å²) in [4.78, 5) is 26.9. The number of aromatic amines is 1. The first-order valence-corrected chi connectivity index (χ1v) is 8.37. The summed E-state index contributed by atoms with van der Waals surface area (Å²) in [5.41, 5.74) is 1.86. The Morgan fingerprint density at radius 2 is 1.93 bits per heavy atom. The molecular formula is C20H19FN2O4. The van der Waals surface area contributed by atoms with E-state index in [0.717, 1.165) is 11.3 Å². The van der Waals surface area contributed by atoms with Crippen LogP contribution in [0.1, 0.15) is 33.1 Å². The van der Waals surface area contributed by atoms with Crippen molar-refractivity contribution in [1.29, 1.82) is 0 Å². The van der Waals surface area contributed by atoms with E-state index in [4.69, 9.17) is 9.15 Å². The normalized spacial score (nSPS) is 10.6.